The normalized spacial score (nSPS) is 13.0. The lowest BCUT2D eigenvalue weighted by atomic mass is 10.1. The quantitative estimate of drug-likeness (QED) is 0.267. The highest BCUT2D eigenvalue weighted by Gasteiger charge is 2.28. The maximum atomic E-state index is 13.5. The first-order valence-electron chi connectivity index (χ1n) is 12.5. The number of ether oxygens (including phenoxy) is 2. The van der Waals surface area contributed by atoms with Crippen LogP contribution in [-0.4, -0.2) is 45.3 Å². The van der Waals surface area contributed by atoms with Crippen LogP contribution in [0.1, 0.15) is 34.0 Å². The summed E-state index contributed by atoms with van der Waals surface area (Å²) in [4.78, 5) is 31.8. The Morgan fingerprint density at radius 2 is 1.85 bits per heavy atom. The van der Waals surface area contributed by atoms with Crippen LogP contribution in [0.3, 0.4) is 0 Å². The van der Waals surface area contributed by atoms with E-state index in [1.54, 1.807) is 31.0 Å². The average Bonchev–Trinajstić information content (AvgIpc) is 3.39. The first-order valence-corrected chi connectivity index (χ1v) is 13.0. The average molecular weight is 549 g/mol. The van der Waals surface area contributed by atoms with Gasteiger partial charge < -0.3 is 29.5 Å². The molecule has 1 aliphatic heterocycles. The molecule has 2 unspecified atom stereocenters. The van der Waals surface area contributed by atoms with Crippen molar-refractivity contribution in [3.05, 3.63) is 76.9 Å². The molecule has 0 saturated carbocycles. The maximum Gasteiger partial charge on any atom is 0.260 e. The molecule has 3 aromatic carbocycles. The third kappa shape index (κ3) is 6.45. The van der Waals surface area contributed by atoms with Crippen molar-refractivity contribution in [3.8, 4) is 11.5 Å². The number of fused-ring (bicyclic) bond motifs is 1. The van der Waals surface area contributed by atoms with Gasteiger partial charge in [-0.05, 0) is 74.1 Å². The lowest BCUT2D eigenvalue weighted by Crippen LogP contribution is -2.35. The van der Waals surface area contributed by atoms with E-state index in [0.29, 0.717) is 41.6 Å². The van der Waals surface area contributed by atoms with Gasteiger partial charge in [0.2, 0.25) is 5.91 Å². The second-order valence-electron chi connectivity index (χ2n) is 9.15. The van der Waals surface area contributed by atoms with Crippen molar-refractivity contribution < 1.29 is 23.6 Å². The number of hydrogen-bond acceptors (Lipinski definition) is 7. The molecule has 0 aromatic heterocycles. The third-order valence-electron chi connectivity index (χ3n) is 6.61. The number of nitrogens with one attached hydrogen (secondary N) is 2. The van der Waals surface area contributed by atoms with E-state index in [1.165, 1.54) is 7.11 Å². The number of nitrogens with zero attached hydrogens (tertiary/aromatic N) is 2. The van der Waals surface area contributed by atoms with Gasteiger partial charge in [0.25, 0.3) is 5.91 Å². The summed E-state index contributed by atoms with van der Waals surface area (Å²) < 4.78 is 16.9. The number of rotatable bonds is 11. The Morgan fingerprint density at radius 3 is 2.54 bits per heavy atom. The zero-order valence-electron chi connectivity index (χ0n) is 22.3. The molecule has 0 radical (unpaired) electrons. The lowest BCUT2D eigenvalue weighted by molar-refractivity contribution is -0.117. The highest BCUT2D eigenvalue weighted by molar-refractivity contribution is 7.09. The molecule has 2 N–H and O–H groups in total. The number of carbonyl (C=O) groups is 2. The summed E-state index contributed by atoms with van der Waals surface area (Å²) in [6.45, 7) is 6.57. The van der Waals surface area contributed by atoms with Gasteiger partial charge in [-0.15, -0.1) is 0 Å². The zero-order valence-corrected chi connectivity index (χ0v) is 23.5. The van der Waals surface area contributed by atoms with Gasteiger partial charge in [-0.2, -0.15) is 0 Å². The van der Waals surface area contributed by atoms with Gasteiger partial charge in [0.15, 0.2) is 11.5 Å². The smallest absolute Gasteiger partial charge is 0.260 e. The van der Waals surface area contributed by atoms with Crippen molar-refractivity contribution in [2.24, 2.45) is 4.99 Å². The maximum absolute atomic E-state index is 13.5. The van der Waals surface area contributed by atoms with E-state index in [2.05, 4.69) is 31.8 Å². The molecule has 0 saturated heterocycles. The summed E-state index contributed by atoms with van der Waals surface area (Å²) in [6.07, 6.45) is 0.800. The third-order valence-corrected chi connectivity index (χ3v) is 6.77. The number of anilines is 2. The first kappa shape index (κ1) is 28.2. The number of likely N-dealkylation sites (N-methyl/N-ethyl adjacent to an activating group) is 1. The van der Waals surface area contributed by atoms with Crippen LogP contribution in [0.2, 0.25) is 0 Å². The summed E-state index contributed by atoms with van der Waals surface area (Å²) in [5.74, 6) is 0.491. The molecule has 2 atom stereocenters. The van der Waals surface area contributed by atoms with Crippen molar-refractivity contribution in [2.45, 2.75) is 32.6 Å². The molecule has 204 valence electrons. The molecule has 0 bridgehead atoms. The predicted octanol–water partition coefficient (Wildman–Crippen LogP) is 4.66. The Hall–Kier alpha value is -3.78. The van der Waals surface area contributed by atoms with E-state index in [1.807, 2.05) is 42.5 Å². The molecule has 4 rings (SSSR count). The topological polar surface area (TPSA) is 101 Å². The van der Waals surface area contributed by atoms with E-state index in [0.717, 1.165) is 28.8 Å². The van der Waals surface area contributed by atoms with Crippen molar-refractivity contribution in [1.29, 1.82) is 0 Å². The summed E-state index contributed by atoms with van der Waals surface area (Å²) in [6, 6.07) is 16.5. The fourth-order valence-electron chi connectivity index (χ4n) is 4.46. The number of hydrogen-bond donors (Lipinski definition) is 2. The van der Waals surface area contributed by atoms with Gasteiger partial charge in [-0.1, -0.05) is 18.2 Å². The summed E-state index contributed by atoms with van der Waals surface area (Å²) in [5.41, 5.74) is 5.13. The molecule has 1 heterocycles. The molecule has 0 spiro atoms. The summed E-state index contributed by atoms with van der Waals surface area (Å²) in [7, 11) is 5.48. The number of carbonyl (C=O) groups excluding carboxylic acids is 2. The van der Waals surface area contributed by atoms with E-state index in [-0.39, 0.29) is 24.5 Å². The fourth-order valence-corrected chi connectivity index (χ4v) is 4.65. The monoisotopic (exact) mass is 548 g/mol. The molecule has 0 fully saturated rings. The minimum Gasteiger partial charge on any atom is -0.493 e. The van der Waals surface area contributed by atoms with Crippen LogP contribution in [0.5, 0.6) is 11.5 Å². The van der Waals surface area contributed by atoms with E-state index >= 15 is 0 Å². The van der Waals surface area contributed by atoms with Gasteiger partial charge in [0, 0.05) is 33.5 Å². The van der Waals surface area contributed by atoms with Crippen LogP contribution in [0, 0.1) is 0 Å². The van der Waals surface area contributed by atoms with Crippen molar-refractivity contribution in [1.82, 2.24) is 5.32 Å². The standard InChI is InChI=1S/C29H33N4O5P/c1-18(30-2)28(34)32-22-12-19(11-20(13-22)17-38-39)16-37-27-15-24(31-3)23(14-26(27)36-4)29(35)33-10-9-21-7-5-6-8-25(21)33/h5-8,11-15,18,30H,3,9-10,16-17,39H2,1-2,4H3,(H,32,34). The van der Waals surface area contributed by atoms with Crippen LogP contribution in [-0.2, 0) is 29.0 Å². The summed E-state index contributed by atoms with van der Waals surface area (Å²) >= 11 is 0. The Morgan fingerprint density at radius 1 is 1.10 bits per heavy atom. The molecule has 2 amide bonds. The highest BCUT2D eigenvalue weighted by atomic mass is 31.0. The number of methoxy groups -OCH3 is 1. The number of aliphatic imine (C=N–C) groups is 1. The lowest BCUT2D eigenvalue weighted by Gasteiger charge is -2.20. The minimum absolute atomic E-state index is 0.155. The second-order valence-corrected chi connectivity index (χ2v) is 9.48. The fraction of sp³-hybridized carbons (Fsp3) is 0.276. The first-order chi connectivity index (χ1) is 18.9. The molecule has 10 heteroatoms. The molecular weight excluding hydrogens is 515 g/mol. The number of benzene rings is 3. The van der Waals surface area contributed by atoms with Gasteiger partial charge in [-0.3, -0.25) is 14.6 Å². The highest BCUT2D eigenvalue weighted by Crippen LogP contribution is 2.38. The van der Waals surface area contributed by atoms with Crippen LogP contribution in [0.4, 0.5) is 17.1 Å². The van der Waals surface area contributed by atoms with E-state index < -0.39 is 0 Å². The van der Waals surface area contributed by atoms with Gasteiger partial charge in [0.05, 0.1) is 31.0 Å². The molecular formula is C29H33N4O5P. The molecule has 1 aliphatic rings. The van der Waals surface area contributed by atoms with Gasteiger partial charge in [0.1, 0.15) is 6.61 Å². The molecule has 39 heavy (non-hydrogen) atoms. The van der Waals surface area contributed by atoms with E-state index in [4.69, 9.17) is 14.0 Å². The zero-order chi connectivity index (χ0) is 27.9. The summed E-state index contributed by atoms with van der Waals surface area (Å²) in [5, 5.41) is 5.84. The molecule has 3 aromatic rings. The van der Waals surface area contributed by atoms with Crippen molar-refractivity contribution in [3.63, 3.8) is 0 Å². The Bertz CT molecular complexity index is 1380. The van der Waals surface area contributed by atoms with Crippen molar-refractivity contribution >= 4 is 45.1 Å². The second kappa shape index (κ2) is 12.8. The van der Waals surface area contributed by atoms with Gasteiger partial charge in [-0.25, -0.2) is 0 Å². The minimum atomic E-state index is -0.351. The Balaban J connectivity index is 1.58. The Kier molecular flexibility index (Phi) is 9.30. The SMILES string of the molecule is C=Nc1cc(OCc2cc(COP)cc(NC(=O)C(C)NC)c2)c(OC)cc1C(=O)N1CCc2ccccc21. The Labute approximate surface area is 230 Å². The van der Waals surface area contributed by atoms with Crippen LogP contribution < -0.4 is 25.0 Å². The van der Waals surface area contributed by atoms with Crippen LogP contribution in [0.25, 0.3) is 0 Å². The predicted molar refractivity (Wildman–Crippen MR) is 156 cm³/mol. The van der Waals surface area contributed by atoms with Crippen LogP contribution >= 0.6 is 9.47 Å². The molecule has 9 nitrogen and oxygen atoms in total. The molecule has 0 aliphatic carbocycles. The van der Waals surface area contributed by atoms with Crippen LogP contribution in [0.15, 0.2) is 59.6 Å². The van der Waals surface area contributed by atoms with E-state index in [9.17, 15) is 9.59 Å². The number of amides is 2. The van der Waals surface area contributed by atoms with Crippen molar-refractivity contribution in [2.75, 3.05) is 30.9 Å². The number of para-hydroxylation sites is 1. The largest absolute Gasteiger partial charge is 0.493 e. The van der Waals surface area contributed by atoms with Gasteiger partial charge >= 0.3 is 0 Å².